The average Bonchev–Trinajstić information content (AvgIpc) is 2.76. The second kappa shape index (κ2) is 9.21. The highest BCUT2D eigenvalue weighted by Crippen LogP contribution is 2.29. The standard InChI is InChI=1S/C25H27FN2O/c1-29-25-13-10-21(23-6-2-3-7-24(23)25)19-28-17-15-27(16-18-28)14-4-5-20-8-11-22(26)12-9-20/h2-13H,14-19H2,1H3. The fraction of sp³-hybridized carbons (Fsp3) is 0.280. The molecule has 29 heavy (non-hydrogen) atoms. The molecule has 0 radical (unpaired) electrons. The van der Waals surface area contributed by atoms with Gasteiger partial charge in [0.25, 0.3) is 0 Å². The van der Waals surface area contributed by atoms with Crippen LogP contribution < -0.4 is 4.74 Å². The van der Waals surface area contributed by atoms with Crippen molar-refractivity contribution in [2.24, 2.45) is 0 Å². The first-order valence-corrected chi connectivity index (χ1v) is 10.1. The summed E-state index contributed by atoms with van der Waals surface area (Å²) < 4.78 is 18.5. The summed E-state index contributed by atoms with van der Waals surface area (Å²) in [5.74, 6) is 0.741. The van der Waals surface area contributed by atoms with Crippen molar-refractivity contribution in [2.75, 3.05) is 39.8 Å². The molecule has 0 saturated carbocycles. The fourth-order valence-corrected chi connectivity index (χ4v) is 3.93. The Hall–Kier alpha value is -2.69. The van der Waals surface area contributed by atoms with Crippen molar-refractivity contribution in [3.8, 4) is 5.75 Å². The van der Waals surface area contributed by atoms with Crippen molar-refractivity contribution in [1.82, 2.24) is 9.80 Å². The third-order valence-corrected chi connectivity index (χ3v) is 5.60. The molecule has 3 nitrogen and oxygen atoms in total. The van der Waals surface area contributed by atoms with Gasteiger partial charge >= 0.3 is 0 Å². The van der Waals surface area contributed by atoms with Gasteiger partial charge in [-0.25, -0.2) is 4.39 Å². The van der Waals surface area contributed by atoms with Gasteiger partial charge in [-0.3, -0.25) is 9.80 Å². The molecule has 4 heteroatoms. The number of halogens is 1. The van der Waals surface area contributed by atoms with E-state index < -0.39 is 0 Å². The lowest BCUT2D eigenvalue weighted by Gasteiger charge is -2.34. The van der Waals surface area contributed by atoms with Gasteiger partial charge in [-0.1, -0.05) is 54.6 Å². The van der Waals surface area contributed by atoms with Crippen LogP contribution in [0.4, 0.5) is 4.39 Å². The lowest BCUT2D eigenvalue weighted by Crippen LogP contribution is -2.45. The smallest absolute Gasteiger partial charge is 0.126 e. The SMILES string of the molecule is COc1ccc(CN2CCN(CC=Cc3ccc(F)cc3)CC2)c2ccccc12. The summed E-state index contributed by atoms with van der Waals surface area (Å²) in [5, 5.41) is 2.45. The second-order valence-electron chi connectivity index (χ2n) is 7.50. The zero-order valence-electron chi connectivity index (χ0n) is 16.9. The number of ether oxygens (including phenoxy) is 1. The zero-order chi connectivity index (χ0) is 20.1. The maximum atomic E-state index is 13.0. The van der Waals surface area contributed by atoms with E-state index in [1.807, 2.05) is 12.1 Å². The van der Waals surface area contributed by atoms with Gasteiger partial charge in [-0.15, -0.1) is 0 Å². The highest BCUT2D eigenvalue weighted by molar-refractivity contribution is 5.91. The molecule has 0 atom stereocenters. The van der Waals surface area contributed by atoms with Crippen molar-refractivity contribution in [2.45, 2.75) is 6.54 Å². The van der Waals surface area contributed by atoms with Crippen LogP contribution in [0.25, 0.3) is 16.8 Å². The second-order valence-corrected chi connectivity index (χ2v) is 7.50. The highest BCUT2D eigenvalue weighted by atomic mass is 19.1. The fourth-order valence-electron chi connectivity index (χ4n) is 3.93. The van der Waals surface area contributed by atoms with E-state index in [-0.39, 0.29) is 5.82 Å². The van der Waals surface area contributed by atoms with Gasteiger partial charge in [0.2, 0.25) is 0 Å². The van der Waals surface area contributed by atoms with E-state index >= 15 is 0 Å². The first-order valence-electron chi connectivity index (χ1n) is 10.1. The van der Waals surface area contributed by atoms with Gasteiger partial charge in [0.1, 0.15) is 11.6 Å². The van der Waals surface area contributed by atoms with Gasteiger partial charge in [-0.2, -0.15) is 0 Å². The predicted molar refractivity (Wildman–Crippen MR) is 118 cm³/mol. The molecule has 0 bridgehead atoms. The van der Waals surface area contributed by atoms with Crippen molar-refractivity contribution in [1.29, 1.82) is 0 Å². The molecule has 3 aromatic rings. The van der Waals surface area contributed by atoms with Gasteiger partial charge < -0.3 is 4.74 Å². The number of fused-ring (bicyclic) bond motifs is 1. The first kappa shape index (κ1) is 19.6. The van der Waals surface area contributed by atoms with Gasteiger partial charge in [0.15, 0.2) is 0 Å². The molecule has 1 heterocycles. The van der Waals surface area contributed by atoms with Crippen molar-refractivity contribution in [3.05, 3.63) is 83.7 Å². The summed E-state index contributed by atoms with van der Waals surface area (Å²) in [6, 6.07) is 19.4. The van der Waals surface area contributed by atoms with E-state index in [4.69, 9.17) is 4.74 Å². The Morgan fingerprint density at radius 3 is 2.28 bits per heavy atom. The number of hydrogen-bond acceptors (Lipinski definition) is 3. The maximum absolute atomic E-state index is 13.0. The number of nitrogens with zero attached hydrogens (tertiary/aromatic N) is 2. The zero-order valence-corrected chi connectivity index (χ0v) is 16.9. The van der Waals surface area contributed by atoms with Crippen LogP contribution in [0, 0.1) is 5.82 Å². The lowest BCUT2D eigenvalue weighted by atomic mass is 10.0. The largest absolute Gasteiger partial charge is 0.496 e. The minimum atomic E-state index is -0.192. The number of benzene rings is 3. The van der Waals surface area contributed by atoms with Gasteiger partial charge in [0.05, 0.1) is 7.11 Å². The summed E-state index contributed by atoms with van der Waals surface area (Å²) in [5.41, 5.74) is 2.39. The van der Waals surface area contributed by atoms with Crippen molar-refractivity contribution in [3.63, 3.8) is 0 Å². The molecule has 4 rings (SSSR count). The molecule has 3 aromatic carbocycles. The molecule has 0 aliphatic carbocycles. The molecule has 0 amide bonds. The molecule has 1 aliphatic heterocycles. The third kappa shape index (κ3) is 4.84. The third-order valence-electron chi connectivity index (χ3n) is 5.60. The monoisotopic (exact) mass is 390 g/mol. The Kier molecular flexibility index (Phi) is 6.23. The van der Waals surface area contributed by atoms with Crippen LogP contribution in [0.3, 0.4) is 0 Å². The van der Waals surface area contributed by atoms with E-state index in [9.17, 15) is 4.39 Å². The number of hydrogen-bond donors (Lipinski definition) is 0. The first-order chi connectivity index (χ1) is 14.2. The van der Waals surface area contributed by atoms with Crippen LogP contribution in [0.15, 0.2) is 66.7 Å². The normalized spacial score (nSPS) is 15.9. The number of methoxy groups -OCH3 is 1. The number of piperazine rings is 1. The molecule has 0 aromatic heterocycles. The molecular weight excluding hydrogens is 363 g/mol. The molecule has 0 spiro atoms. The molecule has 150 valence electrons. The predicted octanol–water partition coefficient (Wildman–Crippen LogP) is 4.82. The van der Waals surface area contributed by atoms with E-state index in [1.165, 1.54) is 28.5 Å². The molecular formula is C25H27FN2O. The average molecular weight is 391 g/mol. The Balaban J connectivity index is 1.32. The van der Waals surface area contributed by atoms with Crippen LogP contribution in [0.5, 0.6) is 5.75 Å². The molecule has 1 aliphatic rings. The van der Waals surface area contributed by atoms with Gasteiger partial charge in [0, 0.05) is 44.7 Å². The van der Waals surface area contributed by atoms with E-state index in [0.717, 1.165) is 50.6 Å². The summed E-state index contributed by atoms with van der Waals surface area (Å²) >= 11 is 0. The van der Waals surface area contributed by atoms with Crippen LogP contribution in [0.2, 0.25) is 0 Å². The van der Waals surface area contributed by atoms with E-state index in [0.29, 0.717) is 0 Å². The lowest BCUT2D eigenvalue weighted by molar-refractivity contribution is 0.137. The van der Waals surface area contributed by atoms with Crippen LogP contribution in [0.1, 0.15) is 11.1 Å². The Morgan fingerprint density at radius 1 is 0.862 bits per heavy atom. The summed E-state index contributed by atoms with van der Waals surface area (Å²) in [6.07, 6.45) is 4.23. The highest BCUT2D eigenvalue weighted by Gasteiger charge is 2.17. The van der Waals surface area contributed by atoms with E-state index in [1.54, 1.807) is 7.11 Å². The maximum Gasteiger partial charge on any atom is 0.126 e. The van der Waals surface area contributed by atoms with Crippen LogP contribution >= 0.6 is 0 Å². The quantitative estimate of drug-likeness (QED) is 0.600. The van der Waals surface area contributed by atoms with Gasteiger partial charge in [-0.05, 0) is 34.7 Å². The van der Waals surface area contributed by atoms with Crippen LogP contribution in [-0.4, -0.2) is 49.6 Å². The summed E-state index contributed by atoms with van der Waals surface area (Å²) in [6.45, 7) is 6.12. The number of rotatable bonds is 6. The Labute approximate surface area is 172 Å². The molecule has 1 saturated heterocycles. The topological polar surface area (TPSA) is 15.7 Å². The Morgan fingerprint density at radius 2 is 1.55 bits per heavy atom. The minimum Gasteiger partial charge on any atom is -0.496 e. The summed E-state index contributed by atoms with van der Waals surface area (Å²) in [4.78, 5) is 4.98. The summed E-state index contributed by atoms with van der Waals surface area (Å²) in [7, 11) is 1.73. The molecule has 1 fully saturated rings. The molecule has 0 N–H and O–H groups in total. The Bertz CT molecular complexity index is 976. The van der Waals surface area contributed by atoms with Crippen LogP contribution in [-0.2, 0) is 6.54 Å². The van der Waals surface area contributed by atoms with Crippen molar-refractivity contribution < 1.29 is 9.13 Å². The molecule has 0 unspecified atom stereocenters. The van der Waals surface area contributed by atoms with E-state index in [2.05, 4.69) is 58.4 Å². The van der Waals surface area contributed by atoms with Crippen molar-refractivity contribution >= 4 is 16.8 Å². The minimum absolute atomic E-state index is 0.192.